The van der Waals surface area contributed by atoms with E-state index in [4.69, 9.17) is 14.7 Å². The van der Waals surface area contributed by atoms with E-state index in [1.165, 1.54) is 4.57 Å². The van der Waals surface area contributed by atoms with Crippen LogP contribution in [0, 0.1) is 11.6 Å². The number of hydrogen-bond donors (Lipinski definition) is 1. The number of carbonyl (C=O) groups excluding carboxylic acids is 1. The Bertz CT molecular complexity index is 1020. The maximum absolute atomic E-state index is 13.6. The summed E-state index contributed by atoms with van der Waals surface area (Å²) in [7, 11) is -4.48. The van der Waals surface area contributed by atoms with Crippen molar-refractivity contribution in [1.29, 1.82) is 0 Å². The van der Waals surface area contributed by atoms with Gasteiger partial charge >= 0.3 is 16.2 Å². The monoisotopic (exact) mass is 473 g/mol. The largest absolute Gasteiger partial charge is 0.449 e. The number of nitrogens with zero attached hydrogens (tertiary/aromatic N) is 2. The average Bonchev–Trinajstić information content (AvgIpc) is 3.03. The van der Waals surface area contributed by atoms with Crippen LogP contribution in [0.2, 0.25) is 0 Å². The van der Waals surface area contributed by atoms with Crippen LogP contribution >= 0.6 is 0 Å². The van der Waals surface area contributed by atoms with Crippen LogP contribution in [-0.2, 0) is 27.8 Å². The minimum atomic E-state index is -4.48. The average molecular weight is 474 g/mol. The summed E-state index contributed by atoms with van der Waals surface area (Å²) in [6, 6.07) is 2.20. The molecule has 0 unspecified atom stereocenters. The summed E-state index contributed by atoms with van der Waals surface area (Å²) in [6.07, 6.45) is 2.73. The Morgan fingerprint density at radius 2 is 1.81 bits per heavy atom. The highest BCUT2D eigenvalue weighted by Gasteiger charge is 2.31. The molecule has 0 aliphatic heterocycles. The number of unbranched alkanes of at least 4 members (excludes halogenated alkanes) is 3. The van der Waals surface area contributed by atoms with Gasteiger partial charge in [0.2, 0.25) is 0 Å². The number of hydrogen-bond acceptors (Lipinski definition) is 6. The predicted molar refractivity (Wildman–Crippen MR) is 114 cm³/mol. The van der Waals surface area contributed by atoms with Gasteiger partial charge < -0.3 is 19.2 Å². The van der Waals surface area contributed by atoms with Gasteiger partial charge in [0, 0.05) is 31.2 Å². The molecule has 1 heterocycles. The van der Waals surface area contributed by atoms with Crippen molar-refractivity contribution in [2.24, 2.45) is 5.73 Å². The summed E-state index contributed by atoms with van der Waals surface area (Å²) in [5, 5.41) is -0.178. The van der Waals surface area contributed by atoms with E-state index in [0.717, 1.165) is 31.4 Å². The van der Waals surface area contributed by atoms with Crippen molar-refractivity contribution >= 4 is 16.2 Å². The predicted octanol–water partition coefficient (Wildman–Crippen LogP) is 4.27. The molecule has 32 heavy (non-hydrogen) atoms. The zero-order chi connectivity index (χ0) is 23.9. The highest BCUT2D eigenvalue weighted by Crippen LogP contribution is 2.29. The molecule has 0 aliphatic rings. The first kappa shape index (κ1) is 25.6. The molecule has 11 heteroatoms. The van der Waals surface area contributed by atoms with Crippen molar-refractivity contribution in [3.05, 3.63) is 41.4 Å². The van der Waals surface area contributed by atoms with E-state index >= 15 is 0 Å². The molecule has 0 spiro atoms. The van der Waals surface area contributed by atoms with E-state index in [1.807, 2.05) is 0 Å². The van der Waals surface area contributed by atoms with Gasteiger partial charge in [-0.2, -0.15) is 8.42 Å². The van der Waals surface area contributed by atoms with Crippen LogP contribution in [-0.4, -0.2) is 30.7 Å². The smallest absolute Gasteiger partial charge is 0.404 e. The van der Waals surface area contributed by atoms with Crippen LogP contribution in [0.1, 0.15) is 63.9 Å². The van der Waals surface area contributed by atoms with Gasteiger partial charge in [0.1, 0.15) is 29.8 Å². The molecular formula is C21H29F2N3O5S. The Balaban J connectivity index is 2.49. The number of amides is 1. The second kappa shape index (κ2) is 11.3. The summed E-state index contributed by atoms with van der Waals surface area (Å²) >= 11 is 0. The third-order valence-corrected chi connectivity index (χ3v) is 5.97. The number of aromatic nitrogens is 2. The lowest BCUT2D eigenvalue weighted by Gasteiger charge is -2.14. The third-order valence-electron chi connectivity index (χ3n) is 4.66. The van der Waals surface area contributed by atoms with Gasteiger partial charge in [-0.25, -0.2) is 18.6 Å². The molecule has 0 bridgehead atoms. The van der Waals surface area contributed by atoms with Crippen molar-refractivity contribution in [2.45, 2.75) is 70.4 Å². The second-order valence-electron chi connectivity index (χ2n) is 7.65. The van der Waals surface area contributed by atoms with Crippen LogP contribution in [0.15, 0.2) is 23.2 Å². The Morgan fingerprint density at radius 3 is 2.38 bits per heavy atom. The second-order valence-corrected chi connectivity index (χ2v) is 9.11. The molecule has 1 aromatic carbocycles. The molecule has 1 amide bonds. The van der Waals surface area contributed by atoms with E-state index < -0.39 is 33.6 Å². The summed E-state index contributed by atoms with van der Waals surface area (Å²) in [4.78, 5) is 15.4. The number of rotatable bonds is 12. The molecule has 0 saturated heterocycles. The molecule has 0 atom stereocenters. The Morgan fingerprint density at radius 1 is 1.16 bits per heavy atom. The molecule has 1 aromatic heterocycles. The lowest BCUT2D eigenvalue weighted by atomic mass is 10.1. The van der Waals surface area contributed by atoms with Gasteiger partial charge in [-0.1, -0.05) is 40.0 Å². The number of halogens is 2. The highest BCUT2D eigenvalue weighted by atomic mass is 32.2. The van der Waals surface area contributed by atoms with Gasteiger partial charge in [-0.3, -0.25) is 0 Å². The summed E-state index contributed by atoms with van der Waals surface area (Å²) in [6.45, 7) is 5.86. The molecule has 8 nitrogen and oxygen atoms in total. The quantitative estimate of drug-likeness (QED) is 0.364. The summed E-state index contributed by atoms with van der Waals surface area (Å²) in [5.41, 5.74) is 5.26. The zero-order valence-electron chi connectivity index (χ0n) is 18.4. The minimum absolute atomic E-state index is 0.0751. The first-order valence-corrected chi connectivity index (χ1v) is 11.9. The first-order valence-electron chi connectivity index (χ1n) is 10.5. The molecule has 0 radical (unpaired) electrons. The third kappa shape index (κ3) is 6.91. The fraction of sp³-hybridized carbons (Fsp3) is 0.524. The van der Waals surface area contributed by atoms with Crippen molar-refractivity contribution in [2.75, 3.05) is 6.61 Å². The van der Waals surface area contributed by atoms with Crippen LogP contribution in [0.4, 0.5) is 13.6 Å². The molecule has 0 aliphatic carbocycles. The molecule has 2 aromatic rings. The first-order chi connectivity index (χ1) is 15.0. The normalized spacial score (nSPS) is 11.7. The molecule has 178 valence electrons. The van der Waals surface area contributed by atoms with Gasteiger partial charge in [0.05, 0.1) is 5.69 Å². The highest BCUT2D eigenvalue weighted by molar-refractivity contribution is 7.87. The van der Waals surface area contributed by atoms with Crippen LogP contribution in [0.25, 0.3) is 0 Å². The fourth-order valence-corrected chi connectivity index (χ4v) is 4.68. The van der Waals surface area contributed by atoms with Gasteiger partial charge in [-0.15, -0.1) is 0 Å². The standard InChI is InChI=1S/C21H29F2N3O5S/c1-4-5-6-7-9-26-18(8-10-30-21(24)27)25-19(14(2)3)20(26)32(28,29)31-17-12-15(22)11-16(23)13-17/h11-14H,4-10H2,1-3H3,(H2,24,27). The van der Waals surface area contributed by atoms with Crippen molar-refractivity contribution < 1.29 is 30.9 Å². The number of primary amides is 1. The fourth-order valence-electron chi connectivity index (χ4n) is 3.25. The Labute approximate surface area is 186 Å². The van der Waals surface area contributed by atoms with Crippen LogP contribution in [0.3, 0.4) is 0 Å². The van der Waals surface area contributed by atoms with Crippen molar-refractivity contribution in [1.82, 2.24) is 9.55 Å². The van der Waals surface area contributed by atoms with E-state index in [1.54, 1.807) is 13.8 Å². The minimum Gasteiger partial charge on any atom is -0.449 e. The van der Waals surface area contributed by atoms with Gasteiger partial charge in [-0.05, 0) is 12.3 Å². The maximum Gasteiger partial charge on any atom is 0.404 e. The summed E-state index contributed by atoms with van der Waals surface area (Å²) in [5.74, 6) is -2.30. The zero-order valence-corrected chi connectivity index (χ0v) is 19.3. The van der Waals surface area contributed by atoms with E-state index in [-0.39, 0.29) is 29.7 Å². The number of nitrogens with two attached hydrogens (primary N) is 1. The lowest BCUT2D eigenvalue weighted by Crippen LogP contribution is -2.20. The molecule has 2 rings (SSSR count). The molecule has 0 fully saturated rings. The lowest BCUT2D eigenvalue weighted by molar-refractivity contribution is 0.157. The SMILES string of the molecule is CCCCCCn1c(CCOC(N)=O)nc(C(C)C)c1S(=O)(=O)Oc1cc(F)cc(F)c1. The number of benzene rings is 1. The molecule has 2 N–H and O–H groups in total. The topological polar surface area (TPSA) is 114 Å². The number of carbonyl (C=O) groups is 1. The number of ether oxygens (including phenoxy) is 1. The Hall–Kier alpha value is -2.69. The molecule has 0 saturated carbocycles. The van der Waals surface area contributed by atoms with Crippen LogP contribution in [0.5, 0.6) is 5.75 Å². The van der Waals surface area contributed by atoms with Crippen molar-refractivity contribution in [3.8, 4) is 5.75 Å². The van der Waals surface area contributed by atoms with E-state index in [0.29, 0.717) is 24.9 Å². The van der Waals surface area contributed by atoms with Crippen molar-refractivity contribution in [3.63, 3.8) is 0 Å². The van der Waals surface area contributed by atoms with Crippen LogP contribution < -0.4 is 9.92 Å². The molecular weight excluding hydrogens is 444 g/mol. The van der Waals surface area contributed by atoms with Gasteiger partial charge in [0.15, 0.2) is 5.03 Å². The summed E-state index contributed by atoms with van der Waals surface area (Å²) < 4.78 is 64.9. The van der Waals surface area contributed by atoms with Gasteiger partial charge in [0.25, 0.3) is 0 Å². The Kier molecular flexibility index (Phi) is 8.99. The maximum atomic E-state index is 13.6. The number of imidazole rings is 1. The van der Waals surface area contributed by atoms with E-state index in [9.17, 15) is 22.0 Å². The van der Waals surface area contributed by atoms with E-state index in [2.05, 4.69) is 11.9 Å².